The first-order chi connectivity index (χ1) is 12.8. The van der Waals surface area contributed by atoms with E-state index in [4.69, 9.17) is 0 Å². The Morgan fingerprint density at radius 1 is 0.852 bits per heavy atom. The number of amides is 2. The van der Waals surface area contributed by atoms with Gasteiger partial charge in [-0.25, -0.2) is 19.6 Å². The second-order valence-electron chi connectivity index (χ2n) is 5.11. The summed E-state index contributed by atoms with van der Waals surface area (Å²) in [6.45, 7) is 0. The molecule has 2 aromatic carbocycles. The van der Waals surface area contributed by atoms with Gasteiger partial charge in [0.15, 0.2) is 0 Å². The van der Waals surface area contributed by atoms with Gasteiger partial charge in [-0.2, -0.15) is 10.2 Å². The molecule has 0 aliphatic heterocycles. The van der Waals surface area contributed by atoms with E-state index in [2.05, 4.69) is 52.9 Å². The van der Waals surface area contributed by atoms with Crippen LogP contribution in [0, 0.1) is 11.6 Å². The van der Waals surface area contributed by atoms with E-state index in [1.807, 2.05) is 0 Å². The van der Waals surface area contributed by atoms with E-state index in [1.165, 1.54) is 48.8 Å². The minimum Gasteiger partial charge on any atom is -0.273 e. The third-order valence-electron chi connectivity index (χ3n) is 3.01. The Kier molecular flexibility index (Phi) is 7.74. The van der Waals surface area contributed by atoms with Crippen molar-refractivity contribution in [3.05, 3.63) is 68.1 Å². The third kappa shape index (κ3) is 6.99. The molecule has 0 bridgehead atoms. The fourth-order valence-electron chi connectivity index (χ4n) is 1.77. The standard InChI is InChI=1S/C17H12Br2F2N4O2/c18-12-5-10(1-3-14(12)20)8-22-24-16(26)7-17(27)25-23-9-11-2-4-15(21)13(19)6-11/h1-6,8-9H,7H2,(H,24,26)(H,25,27). The number of hydrazone groups is 2. The largest absolute Gasteiger partial charge is 0.273 e. The van der Waals surface area contributed by atoms with E-state index in [9.17, 15) is 18.4 Å². The average Bonchev–Trinajstić information content (AvgIpc) is 2.61. The lowest BCUT2D eigenvalue weighted by Crippen LogP contribution is -2.27. The molecule has 0 aromatic heterocycles. The molecule has 0 spiro atoms. The highest BCUT2D eigenvalue weighted by Gasteiger charge is 2.07. The molecule has 0 atom stereocenters. The Balaban J connectivity index is 1.78. The third-order valence-corrected chi connectivity index (χ3v) is 4.23. The molecular formula is C17H12Br2F2N4O2. The topological polar surface area (TPSA) is 82.9 Å². The van der Waals surface area contributed by atoms with Crippen LogP contribution in [0.4, 0.5) is 8.78 Å². The van der Waals surface area contributed by atoms with Crippen LogP contribution in [0.5, 0.6) is 0 Å². The molecule has 140 valence electrons. The predicted molar refractivity (Wildman–Crippen MR) is 104 cm³/mol. The molecule has 2 amide bonds. The number of carbonyl (C=O) groups excluding carboxylic acids is 2. The zero-order valence-electron chi connectivity index (χ0n) is 13.5. The van der Waals surface area contributed by atoms with Crippen LogP contribution in [0.3, 0.4) is 0 Å². The lowest BCUT2D eigenvalue weighted by molar-refractivity contribution is -0.129. The second kappa shape index (κ2) is 10.0. The smallest absolute Gasteiger partial charge is 0.249 e. The summed E-state index contributed by atoms with van der Waals surface area (Å²) in [6, 6.07) is 8.42. The minimum atomic E-state index is -0.648. The SMILES string of the molecule is O=C(CC(=O)NN=Cc1ccc(F)c(Br)c1)NN=Cc1ccc(F)c(Br)c1. The minimum absolute atomic E-state index is 0.267. The van der Waals surface area contributed by atoms with Crippen LogP contribution in [0.15, 0.2) is 55.5 Å². The molecule has 2 N–H and O–H groups in total. The first-order valence-electron chi connectivity index (χ1n) is 7.39. The van der Waals surface area contributed by atoms with E-state index in [0.29, 0.717) is 11.1 Å². The first kappa shape index (κ1) is 20.8. The highest BCUT2D eigenvalue weighted by atomic mass is 79.9. The lowest BCUT2D eigenvalue weighted by atomic mass is 10.2. The molecular weight excluding hydrogens is 490 g/mol. The van der Waals surface area contributed by atoms with Crippen LogP contribution in [-0.4, -0.2) is 24.2 Å². The summed E-state index contributed by atoms with van der Waals surface area (Å²) < 4.78 is 26.7. The Labute approximate surface area is 170 Å². The van der Waals surface area contributed by atoms with Crippen molar-refractivity contribution in [1.29, 1.82) is 0 Å². The monoisotopic (exact) mass is 500 g/mol. The van der Waals surface area contributed by atoms with Crippen molar-refractivity contribution >= 4 is 56.1 Å². The van der Waals surface area contributed by atoms with Crippen molar-refractivity contribution in [2.75, 3.05) is 0 Å². The van der Waals surface area contributed by atoms with Gasteiger partial charge >= 0.3 is 0 Å². The molecule has 10 heteroatoms. The van der Waals surface area contributed by atoms with Crippen molar-refractivity contribution in [1.82, 2.24) is 10.9 Å². The zero-order valence-corrected chi connectivity index (χ0v) is 16.7. The van der Waals surface area contributed by atoms with Gasteiger partial charge in [-0.05, 0) is 67.3 Å². The highest BCUT2D eigenvalue weighted by molar-refractivity contribution is 9.10. The Bertz CT molecular complexity index is 846. The molecule has 0 aliphatic rings. The normalized spacial score (nSPS) is 11.1. The van der Waals surface area contributed by atoms with Gasteiger partial charge in [-0.3, -0.25) is 9.59 Å². The van der Waals surface area contributed by atoms with Crippen molar-refractivity contribution in [2.24, 2.45) is 10.2 Å². The Morgan fingerprint density at radius 2 is 1.26 bits per heavy atom. The zero-order chi connectivity index (χ0) is 19.8. The maximum absolute atomic E-state index is 13.1. The van der Waals surface area contributed by atoms with Gasteiger partial charge < -0.3 is 0 Å². The average molecular weight is 502 g/mol. The number of carbonyl (C=O) groups is 2. The van der Waals surface area contributed by atoms with E-state index in [1.54, 1.807) is 0 Å². The number of hydrogen-bond donors (Lipinski definition) is 2. The maximum atomic E-state index is 13.1. The van der Waals surface area contributed by atoms with Gasteiger partial charge in [0, 0.05) is 0 Å². The van der Waals surface area contributed by atoms with Gasteiger partial charge in [0.2, 0.25) is 11.8 Å². The van der Waals surface area contributed by atoms with E-state index in [0.717, 1.165) is 0 Å². The van der Waals surface area contributed by atoms with Crippen molar-refractivity contribution in [2.45, 2.75) is 6.42 Å². The van der Waals surface area contributed by atoms with Crippen molar-refractivity contribution in [3.63, 3.8) is 0 Å². The van der Waals surface area contributed by atoms with Crippen LogP contribution in [0.1, 0.15) is 17.5 Å². The molecule has 0 fully saturated rings. The molecule has 0 saturated carbocycles. The quantitative estimate of drug-likeness (QED) is 0.361. The molecule has 0 aliphatic carbocycles. The summed E-state index contributed by atoms with van der Waals surface area (Å²) in [7, 11) is 0. The van der Waals surface area contributed by atoms with Gasteiger partial charge in [0.05, 0.1) is 21.4 Å². The Morgan fingerprint density at radius 3 is 1.63 bits per heavy atom. The lowest BCUT2D eigenvalue weighted by Gasteiger charge is -2.00. The van der Waals surface area contributed by atoms with E-state index in [-0.39, 0.29) is 8.95 Å². The predicted octanol–water partition coefficient (Wildman–Crippen LogP) is 3.48. The molecule has 2 aromatic rings. The molecule has 2 rings (SSSR count). The second-order valence-corrected chi connectivity index (χ2v) is 6.82. The number of nitrogens with zero attached hydrogens (tertiary/aromatic N) is 2. The van der Waals surface area contributed by atoms with Crippen molar-refractivity contribution < 1.29 is 18.4 Å². The summed E-state index contributed by atoms with van der Waals surface area (Å²) >= 11 is 6.07. The number of rotatable bonds is 6. The molecule has 0 saturated heterocycles. The van der Waals surface area contributed by atoms with Gasteiger partial charge in [0.25, 0.3) is 0 Å². The van der Waals surface area contributed by atoms with Crippen LogP contribution in [0.25, 0.3) is 0 Å². The number of benzene rings is 2. The molecule has 27 heavy (non-hydrogen) atoms. The van der Waals surface area contributed by atoms with Crippen LogP contribution in [0.2, 0.25) is 0 Å². The Hall–Kier alpha value is -2.46. The number of nitrogens with one attached hydrogen (secondary N) is 2. The molecule has 6 nitrogen and oxygen atoms in total. The summed E-state index contributed by atoms with van der Waals surface area (Å²) in [6.07, 6.45) is 2.13. The van der Waals surface area contributed by atoms with Crippen LogP contribution in [-0.2, 0) is 9.59 Å². The fourth-order valence-corrected chi connectivity index (χ4v) is 2.56. The van der Waals surface area contributed by atoms with Gasteiger partial charge in [0.1, 0.15) is 18.1 Å². The van der Waals surface area contributed by atoms with E-state index >= 15 is 0 Å². The highest BCUT2D eigenvalue weighted by Crippen LogP contribution is 2.16. The molecule has 0 heterocycles. The van der Waals surface area contributed by atoms with Gasteiger partial charge in [-0.1, -0.05) is 12.1 Å². The van der Waals surface area contributed by atoms with Crippen LogP contribution < -0.4 is 10.9 Å². The first-order valence-corrected chi connectivity index (χ1v) is 8.97. The van der Waals surface area contributed by atoms with Crippen LogP contribution >= 0.6 is 31.9 Å². The van der Waals surface area contributed by atoms with E-state index < -0.39 is 29.9 Å². The fraction of sp³-hybridized carbons (Fsp3) is 0.0588. The number of halogens is 4. The maximum Gasteiger partial charge on any atom is 0.249 e. The molecule has 0 unspecified atom stereocenters. The summed E-state index contributed by atoms with van der Waals surface area (Å²) in [5.41, 5.74) is 5.47. The van der Waals surface area contributed by atoms with Gasteiger partial charge in [-0.15, -0.1) is 0 Å². The summed E-state index contributed by atoms with van der Waals surface area (Å²) in [5, 5.41) is 7.37. The number of hydrogen-bond acceptors (Lipinski definition) is 4. The van der Waals surface area contributed by atoms with Crippen molar-refractivity contribution in [3.8, 4) is 0 Å². The summed E-state index contributed by atoms with van der Waals surface area (Å²) in [4.78, 5) is 23.3. The summed E-state index contributed by atoms with van der Waals surface area (Å²) in [5.74, 6) is -2.13. The molecule has 0 radical (unpaired) electrons.